The van der Waals surface area contributed by atoms with Gasteiger partial charge in [0.25, 0.3) is 0 Å². The SMILES string of the molecule is Cc1c(OC(F)(F)F)cc2c(c1C)NC=S2C. The molecule has 0 amide bonds. The first-order chi connectivity index (χ1) is 7.79. The number of hydrogen-bond acceptors (Lipinski definition) is 2. The van der Waals surface area contributed by atoms with Crippen molar-refractivity contribution >= 4 is 21.7 Å². The first kappa shape index (κ1) is 12.3. The second-order valence-electron chi connectivity index (χ2n) is 3.87. The van der Waals surface area contributed by atoms with Crippen molar-refractivity contribution in [1.82, 2.24) is 0 Å². The number of rotatable bonds is 1. The van der Waals surface area contributed by atoms with Gasteiger partial charge in [0.15, 0.2) is 0 Å². The molecule has 0 spiro atoms. The zero-order chi connectivity index (χ0) is 12.8. The number of anilines is 1. The summed E-state index contributed by atoms with van der Waals surface area (Å²) in [6.45, 7) is 3.42. The van der Waals surface area contributed by atoms with Gasteiger partial charge in [0, 0.05) is 10.4 Å². The largest absolute Gasteiger partial charge is 0.573 e. The monoisotopic (exact) mass is 263 g/mol. The third-order valence-electron chi connectivity index (χ3n) is 2.77. The van der Waals surface area contributed by atoms with E-state index in [2.05, 4.69) is 10.1 Å². The van der Waals surface area contributed by atoms with E-state index in [1.807, 2.05) is 11.7 Å². The maximum absolute atomic E-state index is 12.3. The van der Waals surface area contributed by atoms with E-state index < -0.39 is 6.36 Å². The minimum absolute atomic E-state index is 0.106. The lowest BCUT2D eigenvalue weighted by Crippen LogP contribution is -2.18. The Labute approximate surface area is 99.7 Å². The van der Waals surface area contributed by atoms with Gasteiger partial charge in [0.1, 0.15) is 5.75 Å². The van der Waals surface area contributed by atoms with E-state index in [4.69, 9.17) is 0 Å². The topological polar surface area (TPSA) is 21.3 Å². The predicted molar refractivity (Wildman–Crippen MR) is 64.1 cm³/mol. The number of alkyl halides is 3. The number of nitrogens with one attached hydrogen (secondary N) is 1. The van der Waals surface area contributed by atoms with Gasteiger partial charge >= 0.3 is 6.36 Å². The molecule has 17 heavy (non-hydrogen) atoms. The molecule has 0 aromatic heterocycles. The zero-order valence-electron chi connectivity index (χ0n) is 9.61. The third-order valence-corrected chi connectivity index (χ3v) is 4.26. The normalized spacial score (nSPS) is 18.4. The van der Waals surface area contributed by atoms with Crippen LogP contribution >= 0.6 is 10.5 Å². The molecule has 0 fully saturated rings. The van der Waals surface area contributed by atoms with Crippen molar-refractivity contribution in [2.75, 3.05) is 11.6 Å². The molecule has 0 aliphatic carbocycles. The smallest absolute Gasteiger partial charge is 0.405 e. The fourth-order valence-corrected chi connectivity index (χ4v) is 2.98. The Balaban J connectivity index is 2.52. The van der Waals surface area contributed by atoms with Gasteiger partial charge in [-0.25, -0.2) is 0 Å². The van der Waals surface area contributed by atoms with Crippen molar-refractivity contribution in [2.45, 2.75) is 25.1 Å². The number of hydrogen-bond donors (Lipinski definition) is 1. The maximum Gasteiger partial charge on any atom is 0.573 e. The molecule has 0 saturated carbocycles. The van der Waals surface area contributed by atoms with Crippen LogP contribution in [0.15, 0.2) is 11.0 Å². The van der Waals surface area contributed by atoms with Crippen molar-refractivity contribution in [1.29, 1.82) is 0 Å². The van der Waals surface area contributed by atoms with Crippen LogP contribution in [-0.4, -0.2) is 18.1 Å². The lowest BCUT2D eigenvalue weighted by molar-refractivity contribution is -0.274. The van der Waals surface area contributed by atoms with Crippen LogP contribution in [0.2, 0.25) is 0 Å². The lowest BCUT2D eigenvalue weighted by Gasteiger charge is -2.16. The highest BCUT2D eigenvalue weighted by Gasteiger charge is 2.32. The van der Waals surface area contributed by atoms with Crippen LogP contribution in [0.4, 0.5) is 18.9 Å². The Morgan fingerprint density at radius 2 is 1.88 bits per heavy atom. The van der Waals surface area contributed by atoms with Gasteiger partial charge < -0.3 is 10.1 Å². The Hall–Kier alpha value is -1.17. The summed E-state index contributed by atoms with van der Waals surface area (Å²) >= 11 is 0. The van der Waals surface area contributed by atoms with Crippen molar-refractivity contribution in [3.05, 3.63) is 17.2 Å². The van der Waals surface area contributed by atoms with Crippen LogP contribution in [0.25, 0.3) is 0 Å². The van der Waals surface area contributed by atoms with Gasteiger partial charge in [0.05, 0.1) is 5.69 Å². The fourth-order valence-electron chi connectivity index (χ4n) is 1.73. The molecule has 0 bridgehead atoms. The van der Waals surface area contributed by atoms with Gasteiger partial charge in [-0.1, -0.05) is 0 Å². The standard InChI is InChI=1S/C11H12F3NOS/c1-6-7(2)10-9(17(3)5-15-10)4-8(6)16-11(12,13)14/h4-5,15H,1-3H3. The Morgan fingerprint density at radius 3 is 2.47 bits per heavy atom. The van der Waals surface area contributed by atoms with E-state index >= 15 is 0 Å². The van der Waals surface area contributed by atoms with E-state index in [1.165, 1.54) is 6.07 Å². The molecule has 6 heteroatoms. The molecule has 94 valence electrons. The summed E-state index contributed by atoms with van der Waals surface area (Å²) in [5.74, 6) is -0.106. The van der Waals surface area contributed by atoms with Crippen LogP contribution < -0.4 is 10.1 Å². The predicted octanol–water partition coefficient (Wildman–Crippen LogP) is 3.64. The molecular weight excluding hydrogens is 251 g/mol. The second-order valence-corrected chi connectivity index (χ2v) is 5.66. The molecule has 1 heterocycles. The van der Waals surface area contributed by atoms with Gasteiger partial charge in [-0.15, -0.1) is 23.7 Å². The van der Waals surface area contributed by atoms with Gasteiger partial charge in [-0.2, -0.15) is 0 Å². The third kappa shape index (κ3) is 2.26. The molecule has 0 radical (unpaired) electrons. The van der Waals surface area contributed by atoms with Gasteiger partial charge in [0.2, 0.25) is 0 Å². The van der Waals surface area contributed by atoms with Gasteiger partial charge in [-0.05, 0) is 37.3 Å². The minimum Gasteiger partial charge on any atom is -0.405 e. The molecule has 1 aromatic carbocycles. The molecule has 2 rings (SSSR count). The van der Waals surface area contributed by atoms with E-state index in [0.717, 1.165) is 16.1 Å². The highest BCUT2D eigenvalue weighted by Crippen LogP contribution is 2.43. The van der Waals surface area contributed by atoms with Crippen LogP contribution in [0.5, 0.6) is 5.75 Å². The first-order valence-electron chi connectivity index (χ1n) is 4.94. The summed E-state index contributed by atoms with van der Waals surface area (Å²) in [5.41, 5.74) is 4.10. The summed E-state index contributed by atoms with van der Waals surface area (Å²) < 4.78 is 40.8. The van der Waals surface area contributed by atoms with Crippen molar-refractivity contribution < 1.29 is 17.9 Å². The summed E-state index contributed by atoms with van der Waals surface area (Å²) in [5, 5.41) is 3.10. The average molecular weight is 263 g/mol. The molecular formula is C11H12F3NOS. The summed E-state index contributed by atoms with van der Waals surface area (Å²) in [6.07, 6.45) is -2.70. The molecule has 1 N–H and O–H groups in total. The summed E-state index contributed by atoms with van der Waals surface area (Å²) in [6, 6.07) is 1.48. The summed E-state index contributed by atoms with van der Waals surface area (Å²) in [7, 11) is -0.188. The average Bonchev–Trinajstić information content (AvgIpc) is 2.55. The summed E-state index contributed by atoms with van der Waals surface area (Å²) in [4.78, 5) is 0.868. The maximum atomic E-state index is 12.3. The highest BCUT2D eigenvalue weighted by atomic mass is 32.2. The fraction of sp³-hybridized carbons (Fsp3) is 0.364. The molecule has 1 unspecified atom stereocenters. The van der Waals surface area contributed by atoms with E-state index in [1.54, 1.807) is 13.8 Å². The van der Waals surface area contributed by atoms with Crippen molar-refractivity contribution in [3.63, 3.8) is 0 Å². The molecule has 0 saturated heterocycles. The number of benzene rings is 1. The minimum atomic E-state index is -4.65. The first-order valence-corrected chi connectivity index (χ1v) is 6.64. The van der Waals surface area contributed by atoms with Gasteiger partial charge in [-0.3, -0.25) is 0 Å². The van der Waals surface area contributed by atoms with Crippen molar-refractivity contribution in [2.24, 2.45) is 0 Å². The van der Waals surface area contributed by atoms with Crippen LogP contribution in [0.1, 0.15) is 11.1 Å². The lowest BCUT2D eigenvalue weighted by atomic mass is 10.1. The van der Waals surface area contributed by atoms with Crippen LogP contribution in [0.3, 0.4) is 0 Å². The Morgan fingerprint density at radius 1 is 1.24 bits per heavy atom. The van der Waals surface area contributed by atoms with E-state index in [9.17, 15) is 13.2 Å². The zero-order valence-corrected chi connectivity index (χ0v) is 10.4. The Bertz CT molecular complexity index is 508. The second kappa shape index (κ2) is 3.94. The molecule has 2 nitrogen and oxygen atoms in total. The van der Waals surface area contributed by atoms with E-state index in [-0.39, 0.29) is 16.2 Å². The Kier molecular flexibility index (Phi) is 2.85. The van der Waals surface area contributed by atoms with Crippen molar-refractivity contribution in [3.8, 4) is 5.75 Å². The quantitative estimate of drug-likeness (QED) is 0.781. The number of halogens is 3. The molecule has 1 aromatic rings. The van der Waals surface area contributed by atoms with Crippen LogP contribution in [0, 0.1) is 13.8 Å². The highest BCUT2D eigenvalue weighted by molar-refractivity contribution is 8.15. The number of fused-ring (bicyclic) bond motifs is 1. The molecule has 1 atom stereocenters. The number of ether oxygens (including phenoxy) is 1. The molecule has 1 aliphatic heterocycles. The van der Waals surface area contributed by atoms with Crippen LogP contribution in [-0.2, 0) is 0 Å². The van der Waals surface area contributed by atoms with E-state index in [0.29, 0.717) is 5.56 Å². The molecule has 1 aliphatic rings.